The lowest BCUT2D eigenvalue weighted by Gasteiger charge is -2.20. The number of nitrogen functional groups attached to an aromatic ring is 1. The molecule has 0 amide bonds. The van der Waals surface area contributed by atoms with Gasteiger partial charge in [0, 0.05) is 6.54 Å². The van der Waals surface area contributed by atoms with E-state index < -0.39 is 0 Å². The molecular formula is C11H21N5O. The van der Waals surface area contributed by atoms with Crippen molar-refractivity contribution in [1.29, 1.82) is 0 Å². The van der Waals surface area contributed by atoms with Crippen LogP contribution in [0.3, 0.4) is 0 Å². The maximum Gasteiger partial charge on any atom is 0.243 e. The van der Waals surface area contributed by atoms with Gasteiger partial charge in [-0.2, -0.15) is 4.98 Å². The summed E-state index contributed by atoms with van der Waals surface area (Å²) in [6, 6.07) is -0.0302. The fourth-order valence-corrected chi connectivity index (χ4v) is 2.37. The maximum atomic E-state index is 10.1. The van der Waals surface area contributed by atoms with Crippen LogP contribution in [-0.2, 0) is 0 Å². The van der Waals surface area contributed by atoms with Crippen LogP contribution in [0.5, 0.6) is 0 Å². The van der Waals surface area contributed by atoms with Crippen molar-refractivity contribution in [3.63, 3.8) is 0 Å². The predicted octanol–water partition coefficient (Wildman–Crippen LogP) is 1.16. The van der Waals surface area contributed by atoms with Gasteiger partial charge in [0.1, 0.15) is 0 Å². The lowest BCUT2D eigenvalue weighted by atomic mass is 10.1. The van der Waals surface area contributed by atoms with Gasteiger partial charge in [-0.25, -0.2) is 4.68 Å². The van der Waals surface area contributed by atoms with E-state index in [9.17, 15) is 5.11 Å². The molecule has 0 aliphatic heterocycles. The van der Waals surface area contributed by atoms with E-state index in [-0.39, 0.29) is 12.1 Å². The zero-order chi connectivity index (χ0) is 12.3. The number of nitrogens with two attached hydrogens (primary N) is 1. The summed E-state index contributed by atoms with van der Waals surface area (Å²) in [7, 11) is 0. The standard InChI is InChI=1S/C11H21N5O/c1-2-13-11-14-10(12)16(15-11)8-6-4-3-5-7-9(8)17/h8-9,17H,2-7H2,1H3,(H3,12,13,14,15). The minimum Gasteiger partial charge on any atom is -0.391 e. The van der Waals surface area contributed by atoms with Gasteiger partial charge in [0.2, 0.25) is 11.9 Å². The molecule has 0 spiro atoms. The molecule has 1 aromatic heterocycles. The van der Waals surface area contributed by atoms with Crippen molar-refractivity contribution in [2.24, 2.45) is 0 Å². The first kappa shape index (κ1) is 12.2. The Kier molecular flexibility index (Phi) is 3.83. The maximum absolute atomic E-state index is 10.1. The molecule has 2 unspecified atom stereocenters. The van der Waals surface area contributed by atoms with E-state index in [4.69, 9.17) is 5.73 Å². The Bertz CT molecular complexity index is 365. The lowest BCUT2D eigenvalue weighted by molar-refractivity contribution is 0.100. The summed E-state index contributed by atoms with van der Waals surface area (Å²) in [6.07, 6.45) is 4.73. The second-order valence-corrected chi connectivity index (χ2v) is 4.54. The van der Waals surface area contributed by atoms with E-state index >= 15 is 0 Å². The first-order valence-electron chi connectivity index (χ1n) is 6.36. The highest BCUT2D eigenvalue weighted by Crippen LogP contribution is 2.28. The van der Waals surface area contributed by atoms with Crippen LogP contribution in [0.15, 0.2) is 0 Å². The summed E-state index contributed by atoms with van der Waals surface area (Å²) < 4.78 is 1.67. The van der Waals surface area contributed by atoms with Crippen molar-refractivity contribution in [3.05, 3.63) is 0 Å². The molecule has 0 bridgehead atoms. The van der Waals surface area contributed by atoms with Crippen molar-refractivity contribution in [2.75, 3.05) is 17.6 Å². The molecule has 96 valence electrons. The Hall–Kier alpha value is -1.30. The van der Waals surface area contributed by atoms with E-state index in [1.807, 2.05) is 6.92 Å². The van der Waals surface area contributed by atoms with Gasteiger partial charge < -0.3 is 16.2 Å². The number of anilines is 2. The van der Waals surface area contributed by atoms with Gasteiger partial charge in [-0.1, -0.05) is 19.3 Å². The van der Waals surface area contributed by atoms with E-state index in [2.05, 4.69) is 15.4 Å². The largest absolute Gasteiger partial charge is 0.391 e. The van der Waals surface area contributed by atoms with E-state index in [0.717, 1.165) is 32.2 Å². The second-order valence-electron chi connectivity index (χ2n) is 4.54. The molecule has 0 saturated heterocycles. The molecule has 1 saturated carbocycles. The fraction of sp³-hybridized carbons (Fsp3) is 0.818. The average molecular weight is 239 g/mol. The molecule has 1 heterocycles. The second kappa shape index (κ2) is 5.35. The van der Waals surface area contributed by atoms with Crippen LogP contribution in [-0.4, -0.2) is 32.5 Å². The highest BCUT2D eigenvalue weighted by atomic mass is 16.3. The number of aliphatic hydroxyl groups is 1. The third-order valence-corrected chi connectivity index (χ3v) is 3.25. The van der Waals surface area contributed by atoms with E-state index in [1.165, 1.54) is 6.42 Å². The van der Waals surface area contributed by atoms with Crippen LogP contribution < -0.4 is 11.1 Å². The third-order valence-electron chi connectivity index (χ3n) is 3.25. The zero-order valence-electron chi connectivity index (χ0n) is 10.3. The first-order chi connectivity index (χ1) is 8.22. The number of nitrogens with zero attached hydrogens (tertiary/aromatic N) is 3. The van der Waals surface area contributed by atoms with Gasteiger partial charge in [-0.3, -0.25) is 0 Å². The van der Waals surface area contributed by atoms with Crippen LogP contribution in [0.1, 0.15) is 45.1 Å². The molecule has 1 aliphatic rings. The highest BCUT2D eigenvalue weighted by molar-refractivity contribution is 5.31. The number of rotatable bonds is 3. The molecule has 1 aromatic rings. The average Bonchev–Trinajstić information content (AvgIpc) is 2.52. The normalized spacial score (nSPS) is 25.5. The number of aromatic nitrogens is 3. The molecule has 0 radical (unpaired) electrons. The van der Waals surface area contributed by atoms with Crippen molar-refractivity contribution >= 4 is 11.9 Å². The van der Waals surface area contributed by atoms with Crippen molar-refractivity contribution < 1.29 is 5.11 Å². The van der Waals surface area contributed by atoms with Crippen molar-refractivity contribution in [1.82, 2.24) is 14.8 Å². The molecule has 4 N–H and O–H groups in total. The summed E-state index contributed by atoms with van der Waals surface area (Å²) >= 11 is 0. The third kappa shape index (κ3) is 2.69. The minimum atomic E-state index is -0.365. The fourth-order valence-electron chi connectivity index (χ4n) is 2.37. The lowest BCUT2D eigenvalue weighted by Crippen LogP contribution is -2.25. The number of nitrogens with one attached hydrogen (secondary N) is 1. The van der Waals surface area contributed by atoms with Crippen molar-refractivity contribution in [3.8, 4) is 0 Å². The minimum absolute atomic E-state index is 0.0302. The van der Waals surface area contributed by atoms with Gasteiger partial charge in [0.25, 0.3) is 0 Å². The molecular weight excluding hydrogens is 218 g/mol. The van der Waals surface area contributed by atoms with Gasteiger partial charge >= 0.3 is 0 Å². The highest BCUT2D eigenvalue weighted by Gasteiger charge is 2.26. The molecule has 6 heteroatoms. The smallest absolute Gasteiger partial charge is 0.243 e. The van der Waals surface area contributed by atoms with Gasteiger partial charge in [-0.05, 0) is 19.8 Å². The van der Waals surface area contributed by atoms with Crippen LogP contribution in [0.25, 0.3) is 0 Å². The predicted molar refractivity (Wildman–Crippen MR) is 66.7 cm³/mol. The van der Waals surface area contributed by atoms with Crippen LogP contribution >= 0.6 is 0 Å². The van der Waals surface area contributed by atoms with Crippen LogP contribution in [0.2, 0.25) is 0 Å². The van der Waals surface area contributed by atoms with Crippen LogP contribution in [0.4, 0.5) is 11.9 Å². The monoisotopic (exact) mass is 239 g/mol. The summed E-state index contributed by atoms with van der Waals surface area (Å²) in [5.74, 6) is 0.924. The molecule has 2 rings (SSSR count). The van der Waals surface area contributed by atoms with Gasteiger partial charge in [-0.15, -0.1) is 5.10 Å². The Balaban J connectivity index is 2.18. The van der Waals surface area contributed by atoms with E-state index in [0.29, 0.717) is 11.9 Å². The molecule has 17 heavy (non-hydrogen) atoms. The molecule has 1 aliphatic carbocycles. The van der Waals surface area contributed by atoms with Gasteiger partial charge in [0.05, 0.1) is 12.1 Å². The molecule has 2 atom stereocenters. The number of hydrogen-bond donors (Lipinski definition) is 3. The summed E-state index contributed by atoms with van der Waals surface area (Å²) in [5.41, 5.74) is 5.85. The molecule has 1 fully saturated rings. The van der Waals surface area contributed by atoms with Gasteiger partial charge in [0.15, 0.2) is 0 Å². The Morgan fingerprint density at radius 2 is 2.18 bits per heavy atom. The summed E-state index contributed by atoms with van der Waals surface area (Å²) in [4.78, 5) is 4.15. The Labute approximate surface area is 101 Å². The molecule has 0 aromatic carbocycles. The van der Waals surface area contributed by atoms with Crippen LogP contribution in [0, 0.1) is 0 Å². The quantitative estimate of drug-likeness (QED) is 0.689. The first-order valence-corrected chi connectivity index (χ1v) is 6.36. The summed E-state index contributed by atoms with van der Waals surface area (Å²) in [6.45, 7) is 2.74. The topological polar surface area (TPSA) is 89.0 Å². The number of hydrogen-bond acceptors (Lipinski definition) is 5. The van der Waals surface area contributed by atoms with E-state index in [1.54, 1.807) is 4.68 Å². The SMILES string of the molecule is CCNc1nc(N)n(C2CCCCCC2O)n1. The zero-order valence-corrected chi connectivity index (χ0v) is 10.3. The summed E-state index contributed by atoms with van der Waals surface area (Å²) in [5, 5.41) is 17.5. The van der Waals surface area contributed by atoms with Crippen molar-refractivity contribution in [2.45, 2.75) is 51.2 Å². The number of aliphatic hydroxyl groups excluding tert-OH is 1. The molecule has 6 nitrogen and oxygen atoms in total. The Morgan fingerprint density at radius 1 is 1.41 bits per heavy atom. The Morgan fingerprint density at radius 3 is 2.94 bits per heavy atom.